The van der Waals surface area contributed by atoms with Crippen LogP contribution in [0, 0.1) is 0 Å². The number of benzene rings is 1. The van der Waals surface area contributed by atoms with E-state index in [2.05, 4.69) is 15.5 Å². The topological polar surface area (TPSA) is 74.6 Å². The van der Waals surface area contributed by atoms with Crippen LogP contribution in [0.15, 0.2) is 47.7 Å². The average Bonchev–Trinajstić information content (AvgIpc) is 2.54. The van der Waals surface area contributed by atoms with Crippen LogP contribution in [0.4, 0.5) is 5.69 Å². The number of nitrogens with zero attached hydrogens (tertiary/aromatic N) is 2. The summed E-state index contributed by atoms with van der Waals surface area (Å²) >= 11 is 12.0. The van der Waals surface area contributed by atoms with Crippen LogP contribution in [0.3, 0.4) is 0 Å². The normalized spacial score (nSPS) is 11.3. The molecule has 1 aromatic heterocycles. The molecule has 0 unspecified atom stereocenters. The molecule has 0 saturated carbocycles. The van der Waals surface area contributed by atoms with Crippen molar-refractivity contribution in [2.45, 2.75) is 19.3 Å². The number of aliphatic carboxylic acids is 1. The minimum absolute atomic E-state index is 0.0732. The number of halogens is 2. The average molecular weight is 352 g/mol. The lowest BCUT2D eigenvalue weighted by atomic mass is 10.1. The molecular weight excluding hydrogens is 337 g/mol. The molecule has 0 saturated heterocycles. The summed E-state index contributed by atoms with van der Waals surface area (Å²) in [5, 5.41) is 14.1. The van der Waals surface area contributed by atoms with Gasteiger partial charge in [0.05, 0.1) is 22.1 Å². The molecule has 1 heterocycles. The van der Waals surface area contributed by atoms with Gasteiger partial charge in [0.15, 0.2) is 0 Å². The van der Waals surface area contributed by atoms with Crippen molar-refractivity contribution in [1.82, 2.24) is 4.98 Å². The first-order valence-electron chi connectivity index (χ1n) is 6.97. The Morgan fingerprint density at radius 1 is 1.22 bits per heavy atom. The van der Waals surface area contributed by atoms with Crippen molar-refractivity contribution >= 4 is 40.6 Å². The highest BCUT2D eigenvalue weighted by Gasteiger charge is 2.08. The molecule has 23 heavy (non-hydrogen) atoms. The van der Waals surface area contributed by atoms with Crippen LogP contribution >= 0.6 is 23.2 Å². The molecule has 0 spiro atoms. The lowest BCUT2D eigenvalue weighted by Gasteiger charge is -2.08. The molecule has 5 nitrogen and oxygen atoms in total. The number of carbonyl (C=O) groups is 1. The molecule has 0 aliphatic rings. The minimum atomic E-state index is -0.837. The zero-order chi connectivity index (χ0) is 16.7. The maximum absolute atomic E-state index is 10.7. The van der Waals surface area contributed by atoms with E-state index in [-0.39, 0.29) is 6.42 Å². The Bertz CT molecular complexity index is 706. The lowest BCUT2D eigenvalue weighted by Crippen LogP contribution is -2.08. The maximum atomic E-state index is 10.7. The first-order chi connectivity index (χ1) is 11.1. The van der Waals surface area contributed by atoms with Gasteiger partial charge in [-0.1, -0.05) is 29.3 Å². The Balaban J connectivity index is 2.18. The van der Waals surface area contributed by atoms with Gasteiger partial charge in [0, 0.05) is 17.6 Å². The summed E-state index contributed by atoms with van der Waals surface area (Å²) in [4.78, 5) is 14.9. The molecule has 0 bridgehead atoms. The first kappa shape index (κ1) is 17.2. The van der Waals surface area contributed by atoms with E-state index >= 15 is 0 Å². The number of aromatic nitrogens is 1. The molecule has 120 valence electrons. The van der Waals surface area contributed by atoms with Crippen molar-refractivity contribution in [3.05, 3.63) is 58.3 Å². The van der Waals surface area contributed by atoms with Gasteiger partial charge in [0.2, 0.25) is 0 Å². The Labute approximate surface area is 144 Å². The number of carboxylic acid groups (broad SMARTS) is 1. The smallest absolute Gasteiger partial charge is 0.303 e. The SMILES string of the molecule is O=C(O)CCC/C(=N/Nc1cc(Cl)ccc1Cl)c1ccccn1. The van der Waals surface area contributed by atoms with E-state index < -0.39 is 5.97 Å². The predicted octanol–water partition coefficient (Wildman–Crippen LogP) is 4.46. The number of rotatable bonds is 7. The number of hydrogen-bond acceptors (Lipinski definition) is 4. The summed E-state index contributed by atoms with van der Waals surface area (Å²) in [7, 11) is 0. The summed E-state index contributed by atoms with van der Waals surface area (Å²) in [5.74, 6) is -0.837. The van der Waals surface area contributed by atoms with E-state index in [4.69, 9.17) is 28.3 Å². The van der Waals surface area contributed by atoms with Gasteiger partial charge >= 0.3 is 5.97 Å². The number of nitrogens with one attached hydrogen (secondary N) is 1. The number of hydrogen-bond donors (Lipinski definition) is 2. The van der Waals surface area contributed by atoms with Gasteiger partial charge in [0.1, 0.15) is 0 Å². The summed E-state index contributed by atoms with van der Waals surface area (Å²) in [5.41, 5.74) is 4.79. The largest absolute Gasteiger partial charge is 0.481 e. The zero-order valence-electron chi connectivity index (χ0n) is 12.2. The fraction of sp³-hybridized carbons (Fsp3) is 0.188. The molecular formula is C16H15Cl2N3O2. The van der Waals surface area contributed by atoms with Crippen LogP contribution in [0.5, 0.6) is 0 Å². The Kier molecular flexibility index (Phi) is 6.38. The molecule has 2 N–H and O–H groups in total. The van der Waals surface area contributed by atoms with Gasteiger partial charge < -0.3 is 5.11 Å². The predicted molar refractivity (Wildman–Crippen MR) is 92.3 cm³/mol. The second-order valence-electron chi connectivity index (χ2n) is 4.76. The monoisotopic (exact) mass is 351 g/mol. The van der Waals surface area contributed by atoms with Crippen LogP contribution in [-0.2, 0) is 4.79 Å². The summed E-state index contributed by atoms with van der Waals surface area (Å²) in [6.45, 7) is 0. The van der Waals surface area contributed by atoms with E-state index in [0.717, 1.165) is 0 Å². The quantitative estimate of drug-likeness (QED) is 0.570. The highest BCUT2D eigenvalue weighted by Crippen LogP contribution is 2.25. The molecule has 1 aromatic carbocycles. The number of anilines is 1. The summed E-state index contributed by atoms with van der Waals surface area (Å²) in [6, 6.07) is 10.5. The third-order valence-corrected chi connectivity index (χ3v) is 3.57. The molecule has 0 radical (unpaired) electrons. The molecule has 0 atom stereocenters. The lowest BCUT2D eigenvalue weighted by molar-refractivity contribution is -0.137. The van der Waals surface area contributed by atoms with Gasteiger partial charge in [-0.15, -0.1) is 0 Å². The third-order valence-electron chi connectivity index (χ3n) is 3.00. The van der Waals surface area contributed by atoms with Crippen LogP contribution in [0.25, 0.3) is 0 Å². The van der Waals surface area contributed by atoms with Crippen molar-refractivity contribution in [2.24, 2.45) is 5.10 Å². The molecule has 0 aliphatic carbocycles. The number of pyridine rings is 1. The zero-order valence-corrected chi connectivity index (χ0v) is 13.7. The van der Waals surface area contributed by atoms with Crippen LogP contribution in [-0.4, -0.2) is 21.8 Å². The van der Waals surface area contributed by atoms with Gasteiger partial charge in [-0.2, -0.15) is 5.10 Å². The molecule has 2 rings (SSSR count). The summed E-state index contributed by atoms with van der Waals surface area (Å²) in [6.07, 6.45) is 2.68. The molecule has 7 heteroatoms. The van der Waals surface area contributed by atoms with Crippen molar-refractivity contribution in [1.29, 1.82) is 0 Å². The van der Waals surface area contributed by atoms with E-state index in [0.29, 0.717) is 40.0 Å². The van der Waals surface area contributed by atoms with Crippen LogP contribution in [0.2, 0.25) is 10.0 Å². The van der Waals surface area contributed by atoms with Gasteiger partial charge in [-0.25, -0.2) is 0 Å². The van der Waals surface area contributed by atoms with E-state index in [1.165, 1.54) is 0 Å². The third kappa shape index (κ3) is 5.54. The Morgan fingerprint density at radius 2 is 2.04 bits per heavy atom. The van der Waals surface area contributed by atoms with Gasteiger partial charge in [-0.05, 0) is 43.2 Å². The highest BCUT2D eigenvalue weighted by molar-refractivity contribution is 6.35. The fourth-order valence-electron chi connectivity index (χ4n) is 1.89. The second-order valence-corrected chi connectivity index (χ2v) is 5.60. The minimum Gasteiger partial charge on any atom is -0.481 e. The van der Waals surface area contributed by atoms with Gasteiger partial charge in [0.25, 0.3) is 0 Å². The van der Waals surface area contributed by atoms with E-state index in [1.54, 1.807) is 30.5 Å². The van der Waals surface area contributed by atoms with Crippen LogP contribution in [0.1, 0.15) is 25.0 Å². The van der Waals surface area contributed by atoms with Crippen molar-refractivity contribution in [3.63, 3.8) is 0 Å². The van der Waals surface area contributed by atoms with Crippen molar-refractivity contribution < 1.29 is 9.90 Å². The highest BCUT2D eigenvalue weighted by atomic mass is 35.5. The standard InChI is InChI=1S/C16H15Cl2N3O2/c17-11-7-8-12(18)15(10-11)21-20-14(5-3-6-16(22)23)13-4-1-2-9-19-13/h1-2,4,7-10,21H,3,5-6H2,(H,22,23)/b20-14-. The Morgan fingerprint density at radius 3 is 2.74 bits per heavy atom. The van der Waals surface area contributed by atoms with Crippen molar-refractivity contribution in [3.8, 4) is 0 Å². The van der Waals surface area contributed by atoms with E-state index in [1.807, 2.05) is 12.1 Å². The van der Waals surface area contributed by atoms with Crippen LogP contribution < -0.4 is 5.43 Å². The first-order valence-corrected chi connectivity index (χ1v) is 7.72. The maximum Gasteiger partial charge on any atom is 0.303 e. The molecule has 2 aromatic rings. The fourth-order valence-corrected chi connectivity index (χ4v) is 2.22. The molecule has 0 amide bonds. The Hall–Kier alpha value is -2.11. The summed E-state index contributed by atoms with van der Waals surface area (Å²) < 4.78 is 0. The van der Waals surface area contributed by atoms with E-state index in [9.17, 15) is 4.79 Å². The number of hydrazone groups is 1. The van der Waals surface area contributed by atoms with Crippen molar-refractivity contribution in [2.75, 3.05) is 5.43 Å². The molecule has 0 fully saturated rings. The van der Waals surface area contributed by atoms with Gasteiger partial charge in [-0.3, -0.25) is 15.2 Å². The molecule has 0 aliphatic heterocycles. The second kappa shape index (κ2) is 8.50. The number of carboxylic acids is 1.